The van der Waals surface area contributed by atoms with Gasteiger partial charge in [0.1, 0.15) is 75.8 Å². The van der Waals surface area contributed by atoms with E-state index in [-0.39, 0.29) is 30.8 Å². The molecule has 0 spiro atoms. The normalized spacial score (nSPS) is 10.1. The van der Waals surface area contributed by atoms with Crippen LogP contribution in [0.1, 0.15) is 355 Å². The number of para-hydroxylation sites is 1. The van der Waals surface area contributed by atoms with Gasteiger partial charge < -0.3 is 29.5 Å². The monoisotopic (exact) mass is 2040 g/mol. The molecule has 0 unspecified atom stereocenters. The number of hydrogen-bond donors (Lipinski definition) is 2. The van der Waals surface area contributed by atoms with Crippen LogP contribution in [0.4, 0.5) is 17.1 Å². The van der Waals surface area contributed by atoms with Crippen molar-refractivity contribution >= 4 is 38.1 Å². The molecule has 1 aliphatic heterocycles. The van der Waals surface area contributed by atoms with Crippen LogP contribution >= 0.6 is 0 Å². The van der Waals surface area contributed by atoms with Crippen molar-refractivity contribution in [3.05, 3.63) is 285 Å². The molecule has 0 aliphatic carbocycles. The molecule has 1 aliphatic rings. The molecule has 11 aromatic rings. The highest BCUT2D eigenvalue weighted by Gasteiger charge is 2.15. The summed E-state index contributed by atoms with van der Waals surface area (Å²) in [5.74, 6) is 0.304. The minimum absolute atomic E-state index is 0.192. The van der Waals surface area contributed by atoms with Crippen molar-refractivity contribution in [3.8, 4) is 0 Å². The van der Waals surface area contributed by atoms with Gasteiger partial charge in [0.25, 0.3) is 0 Å². The second-order valence-corrected chi connectivity index (χ2v) is 39.4. The molecule has 824 valence electrons. The van der Waals surface area contributed by atoms with Gasteiger partial charge in [0.2, 0.25) is 11.8 Å². The van der Waals surface area contributed by atoms with Gasteiger partial charge in [-0.3, -0.25) is 0 Å². The van der Waals surface area contributed by atoms with Crippen LogP contribution in [0.15, 0.2) is 258 Å². The summed E-state index contributed by atoms with van der Waals surface area (Å²) in [4.78, 5) is 6.54. The predicted molar refractivity (Wildman–Crippen MR) is 626 cm³/mol. The average molecular weight is 2040 g/mol. The van der Waals surface area contributed by atoms with E-state index in [0.29, 0.717) is 12.5 Å². The third-order valence-corrected chi connectivity index (χ3v) is 22.2. The smallest absolute Gasteiger partial charge is 0.243 e. The molecule has 10 aromatic heterocycles. The molecule has 1 aromatic carbocycles. The largest absolute Gasteiger partial charge is 0.748 e. The maximum Gasteiger partial charge on any atom is 0.243 e. The van der Waals surface area contributed by atoms with E-state index in [1.807, 2.05) is 226 Å². The minimum Gasteiger partial charge on any atom is -0.748 e. The van der Waals surface area contributed by atoms with E-state index < -0.39 is 10.1 Å². The van der Waals surface area contributed by atoms with Crippen molar-refractivity contribution in [1.82, 2.24) is 4.57 Å². The summed E-state index contributed by atoms with van der Waals surface area (Å²) >= 11 is 0. The van der Waals surface area contributed by atoms with Crippen LogP contribution in [-0.4, -0.2) is 87.5 Å². The second kappa shape index (κ2) is 106. The zero-order chi connectivity index (χ0) is 112. The van der Waals surface area contributed by atoms with E-state index in [9.17, 15) is 13.0 Å². The number of likely N-dealkylation sites (N-methyl/N-ethyl adjacent to an activating group) is 1. The highest BCUT2D eigenvalue weighted by molar-refractivity contribution is 7.85. The van der Waals surface area contributed by atoms with Crippen LogP contribution in [0.3, 0.4) is 0 Å². The summed E-state index contributed by atoms with van der Waals surface area (Å²) in [5.41, 5.74) is 11.5. The Bertz CT molecular complexity index is 4440. The summed E-state index contributed by atoms with van der Waals surface area (Å²) < 4.78 is 53.1. The number of aromatic nitrogens is 11. The van der Waals surface area contributed by atoms with E-state index >= 15 is 0 Å². The lowest BCUT2D eigenvalue weighted by molar-refractivity contribution is -0.672. The second-order valence-electron chi connectivity index (χ2n) is 37.9. The van der Waals surface area contributed by atoms with Crippen molar-refractivity contribution in [3.63, 3.8) is 0 Å². The van der Waals surface area contributed by atoms with Gasteiger partial charge in [0.05, 0.1) is 30.8 Å². The van der Waals surface area contributed by atoms with Gasteiger partial charge in [-0.2, -0.15) is 0 Å². The Kier molecular flexibility index (Phi) is 110. The number of fused-ring (bicyclic) bond motifs is 1. The number of pyridine rings is 9. The average Bonchev–Trinajstić information content (AvgIpc) is 1.67. The van der Waals surface area contributed by atoms with Gasteiger partial charge in [0, 0.05) is 184 Å². The number of aliphatic hydroxyl groups is 2. The van der Waals surface area contributed by atoms with Crippen LogP contribution < -0.4 is 60.4 Å². The Morgan fingerprint density at radius 3 is 1.02 bits per heavy atom. The Balaban J connectivity index is -0.000000231. The first-order chi connectivity index (χ1) is 68.9. The lowest BCUT2D eigenvalue weighted by Gasteiger charge is -2.17. The highest BCUT2D eigenvalue weighted by atomic mass is 32.2. The SMILES string of the molecule is CC(C)c1cc[n+](C)cc1.CCCC.CCCC.CCCC.CCCC.CCCC.CCCC.CCCC.CCCC.CCCC.CCCC.CN(C)c1cc[n+](C)cc1.CN(CCO)c1cc[n+](C)cc1.C[n+]1ccc(C(C)(C)C)cc1.C[n+]1ccc(CCCO)cc1.C[n+]1ccc(N2CCCC2)cc1.C[n+]1cccc(CCS(=O)(=O)[O-])c1.C[n+]1cccc2ccccc21.Cc1cc[n+](C)cc1.Cn1cc[n+](C)c1. The number of anilines is 3. The van der Waals surface area contributed by atoms with E-state index in [2.05, 4.69) is 363 Å². The third kappa shape index (κ3) is 101. The molecule has 1 fully saturated rings. The summed E-state index contributed by atoms with van der Waals surface area (Å²) in [6, 6.07) is 45.7. The predicted octanol–water partition coefficient (Wildman–Crippen LogP) is 25.5. The van der Waals surface area contributed by atoms with Gasteiger partial charge in [-0.15, -0.1) is 0 Å². The first-order valence-electron chi connectivity index (χ1n) is 55.1. The Morgan fingerprint density at radius 2 is 0.717 bits per heavy atom. The first kappa shape index (κ1) is 151. The zero-order valence-corrected chi connectivity index (χ0v) is 102. The quantitative estimate of drug-likeness (QED) is 0.0503. The maximum atomic E-state index is 10.3. The fourth-order valence-corrected chi connectivity index (χ4v) is 10.4. The van der Waals surface area contributed by atoms with Crippen molar-refractivity contribution in [2.24, 2.45) is 77.5 Å². The molecule has 145 heavy (non-hydrogen) atoms. The van der Waals surface area contributed by atoms with Crippen molar-refractivity contribution in [2.75, 3.05) is 74.4 Å². The number of nitrogens with zero attached hydrogens (tertiary/aromatic N) is 14. The van der Waals surface area contributed by atoms with Crippen LogP contribution in [0, 0.1) is 6.92 Å². The van der Waals surface area contributed by atoms with Crippen molar-refractivity contribution in [2.45, 2.75) is 352 Å². The molecule has 1 saturated heterocycles. The van der Waals surface area contributed by atoms with Crippen molar-refractivity contribution in [1.29, 1.82) is 0 Å². The minimum atomic E-state index is -4.09. The molecule has 0 radical (unpaired) electrons. The molecular weight excluding hydrogens is 1810 g/mol. The molecule has 19 nitrogen and oxygen atoms in total. The number of aliphatic hydroxyl groups excluding tert-OH is 2. The maximum absolute atomic E-state index is 10.3. The first-order valence-corrected chi connectivity index (χ1v) is 56.6. The number of hydrogen-bond acceptors (Lipinski definition) is 8. The Labute approximate surface area is 895 Å². The van der Waals surface area contributed by atoms with Gasteiger partial charge in [-0.1, -0.05) is 314 Å². The van der Waals surface area contributed by atoms with E-state index in [4.69, 9.17) is 10.2 Å². The zero-order valence-electron chi connectivity index (χ0n) is 101. The lowest BCUT2D eigenvalue weighted by Crippen LogP contribution is -2.28. The van der Waals surface area contributed by atoms with Crippen LogP contribution in [-0.2, 0) is 106 Å². The van der Waals surface area contributed by atoms with Crippen LogP contribution in [0.2, 0.25) is 0 Å². The molecular formula is C125H227N14O5S+9. The van der Waals surface area contributed by atoms with Gasteiger partial charge in [0.15, 0.2) is 105 Å². The molecule has 12 rings (SSSR count). The van der Waals surface area contributed by atoms with Gasteiger partial charge in [-0.25, -0.2) is 58.7 Å². The molecule has 0 atom stereocenters. The fraction of sp³-hybridized carbons (Fsp3) is 0.584. The highest BCUT2D eigenvalue weighted by Crippen LogP contribution is 2.21. The fourth-order valence-electron chi connectivity index (χ4n) is 9.87. The molecule has 2 N–H and O–H groups in total. The van der Waals surface area contributed by atoms with E-state index in [1.54, 1.807) is 12.3 Å². The molecule has 0 amide bonds. The summed E-state index contributed by atoms with van der Waals surface area (Å²) in [6.07, 6.45) is 71.6. The van der Waals surface area contributed by atoms with Gasteiger partial charge in [-0.05, 0) is 90.8 Å². The van der Waals surface area contributed by atoms with Crippen LogP contribution in [0.5, 0.6) is 0 Å². The Morgan fingerprint density at radius 1 is 0.379 bits per heavy atom. The third-order valence-electron chi connectivity index (χ3n) is 21.5. The van der Waals surface area contributed by atoms with Gasteiger partial charge >= 0.3 is 0 Å². The molecule has 11 heterocycles. The number of benzene rings is 1. The van der Waals surface area contributed by atoms with E-state index in [0.717, 1.165) is 24.1 Å². The van der Waals surface area contributed by atoms with Crippen molar-refractivity contribution < 1.29 is 68.9 Å². The number of aryl methyl sites for hydroxylation is 14. The number of rotatable bonds is 22. The summed E-state index contributed by atoms with van der Waals surface area (Å²) in [5, 5.41) is 18.6. The molecule has 0 bridgehead atoms. The Hall–Kier alpha value is -9.73. The summed E-state index contributed by atoms with van der Waals surface area (Å²) in [7, 11) is 24.0. The van der Waals surface area contributed by atoms with E-state index in [1.165, 1.54) is 199 Å². The lowest BCUT2D eigenvalue weighted by atomic mass is 9.88. The standard InChI is InChI=1S/C10H15N2.C10H10N.C10H16N.C9H15N2O.C9H14NO.C9H14N.C8H13N2.C8H11NO3S.C7H10N.C5H9N2.10C4H10/c1-11-8-4-10(5-9-11)12-6-2-3-7-12;1-11-8-4-6-9-5-2-3-7-10(9)11;1-10(2,3)9-5-7-11(4)8-6-9;1-10-5-3-9(4-6-10)11(2)7-8-12;1-10-6-4-9(5-7-10)3-2-8-11;1-8(2)9-4-6-10(3)7-5-9;1-9(2)8-4-6-10(3)7-5-8;1-9-5-2-3-8(7-9)4-6-13(10,11)12;1-7-3-5-8(2)6-4-7;1-6-3-4-7(2)5-6;10*1-3-4-2/h4-5,8-9H,2-3,6-7H2,1H3;2-8H,1H3;5-8H,1-4H3;3-6,12H,7-8H2,1-2H3;4-7,11H,2-3,8H2,1H3;4-8H,1-3H3;4-7H,1-3H3;2-3,5,7H,4,6H2,1H3;3-6H,1-2H3;3-5H,1-2H3;10*3-4H2,1-2H3/q7*+1;;2*+1;;;;;;;;;;. The molecule has 20 heteroatoms. The number of unbranched alkanes of at least 4 members (excludes halogenated alkanes) is 10. The summed E-state index contributed by atoms with van der Waals surface area (Å²) in [6.45, 7) is 60.4. The molecule has 0 saturated carbocycles. The number of imidazole rings is 1. The van der Waals surface area contributed by atoms with Crippen LogP contribution in [0.25, 0.3) is 10.9 Å². The topological polar surface area (TPSA) is 151 Å².